The summed E-state index contributed by atoms with van der Waals surface area (Å²) in [4.78, 5) is 27.7. The van der Waals surface area contributed by atoms with Crippen LogP contribution < -0.4 is 4.74 Å². The Morgan fingerprint density at radius 2 is 1.97 bits per heavy atom. The van der Waals surface area contributed by atoms with Crippen LogP contribution in [0.3, 0.4) is 0 Å². The first-order valence-electron chi connectivity index (χ1n) is 10.0. The van der Waals surface area contributed by atoms with Crippen molar-refractivity contribution in [2.75, 3.05) is 26.9 Å². The molecule has 0 saturated carbocycles. The highest BCUT2D eigenvalue weighted by Gasteiger charge is 2.44. The standard InChI is InChI=1S/C24H23NO6/c1-3-30-17-9-6-8-16(13-17)21-20(23(27)24(28)25(21)11-12-29-2)22(26)19-14-15-7-4-5-10-18(15)31-19/h4-10,13-14,21,27H,3,11-12H2,1-2H3. The molecule has 2 heterocycles. The molecular formula is C24H23NO6. The van der Waals surface area contributed by atoms with Gasteiger partial charge in [0, 0.05) is 19.0 Å². The Hall–Kier alpha value is -3.58. The molecule has 4 rings (SSSR count). The van der Waals surface area contributed by atoms with Crippen molar-refractivity contribution in [1.82, 2.24) is 4.90 Å². The second-order valence-electron chi connectivity index (χ2n) is 7.14. The second kappa shape index (κ2) is 8.65. The van der Waals surface area contributed by atoms with Gasteiger partial charge in [-0.3, -0.25) is 9.59 Å². The molecule has 0 radical (unpaired) electrons. The number of methoxy groups -OCH3 is 1. The van der Waals surface area contributed by atoms with Crippen molar-refractivity contribution in [2.45, 2.75) is 13.0 Å². The van der Waals surface area contributed by atoms with Crippen molar-refractivity contribution in [3.8, 4) is 5.75 Å². The molecule has 160 valence electrons. The van der Waals surface area contributed by atoms with Gasteiger partial charge in [0.2, 0.25) is 5.78 Å². The molecule has 7 nitrogen and oxygen atoms in total. The Morgan fingerprint density at radius 1 is 1.16 bits per heavy atom. The highest BCUT2D eigenvalue weighted by atomic mass is 16.5. The largest absolute Gasteiger partial charge is 0.503 e. The number of ketones is 1. The maximum Gasteiger partial charge on any atom is 0.290 e. The summed E-state index contributed by atoms with van der Waals surface area (Å²) in [5.41, 5.74) is 1.19. The molecule has 1 aliphatic rings. The third-order valence-electron chi connectivity index (χ3n) is 5.22. The van der Waals surface area contributed by atoms with Crippen molar-refractivity contribution in [3.63, 3.8) is 0 Å². The minimum absolute atomic E-state index is 0.0196. The summed E-state index contributed by atoms with van der Waals surface area (Å²) in [6, 6.07) is 15.2. The number of carbonyl (C=O) groups is 2. The van der Waals surface area contributed by atoms with E-state index in [4.69, 9.17) is 13.9 Å². The molecule has 0 bridgehead atoms. The van der Waals surface area contributed by atoms with Gasteiger partial charge < -0.3 is 23.9 Å². The zero-order chi connectivity index (χ0) is 22.0. The monoisotopic (exact) mass is 421 g/mol. The van der Waals surface area contributed by atoms with Gasteiger partial charge in [0.1, 0.15) is 11.3 Å². The molecule has 1 aromatic heterocycles. The molecule has 31 heavy (non-hydrogen) atoms. The van der Waals surface area contributed by atoms with Gasteiger partial charge in [0.05, 0.1) is 24.8 Å². The molecule has 1 aliphatic heterocycles. The SMILES string of the molecule is CCOc1cccc(C2C(C(=O)c3cc4ccccc4o3)=C(O)C(=O)N2CCOC)c1. The number of hydrogen-bond acceptors (Lipinski definition) is 6. The fourth-order valence-corrected chi connectivity index (χ4v) is 3.82. The summed E-state index contributed by atoms with van der Waals surface area (Å²) in [7, 11) is 1.53. The maximum atomic E-state index is 13.4. The second-order valence-corrected chi connectivity index (χ2v) is 7.14. The third kappa shape index (κ3) is 3.80. The molecule has 1 amide bonds. The minimum Gasteiger partial charge on any atom is -0.503 e. The molecule has 1 unspecified atom stereocenters. The molecule has 1 N–H and O–H groups in total. The van der Waals surface area contributed by atoms with E-state index in [1.54, 1.807) is 36.4 Å². The Labute approximate surface area is 179 Å². The summed E-state index contributed by atoms with van der Waals surface area (Å²) in [5.74, 6) is -1.05. The number of furan rings is 1. The predicted molar refractivity (Wildman–Crippen MR) is 114 cm³/mol. The van der Waals surface area contributed by atoms with Gasteiger partial charge in [-0.15, -0.1) is 0 Å². The Balaban J connectivity index is 1.79. The van der Waals surface area contributed by atoms with E-state index in [1.807, 2.05) is 25.1 Å². The fourth-order valence-electron chi connectivity index (χ4n) is 3.82. The van der Waals surface area contributed by atoms with Crippen LogP contribution in [0, 0.1) is 0 Å². The van der Waals surface area contributed by atoms with E-state index >= 15 is 0 Å². The van der Waals surface area contributed by atoms with Crippen molar-refractivity contribution >= 4 is 22.7 Å². The van der Waals surface area contributed by atoms with E-state index in [2.05, 4.69) is 0 Å². The number of aliphatic hydroxyl groups excluding tert-OH is 1. The average Bonchev–Trinajstić information content (AvgIpc) is 3.32. The number of para-hydroxylation sites is 1. The number of amides is 1. The number of fused-ring (bicyclic) bond motifs is 1. The minimum atomic E-state index is -0.788. The van der Waals surface area contributed by atoms with E-state index < -0.39 is 23.5 Å². The zero-order valence-corrected chi connectivity index (χ0v) is 17.3. The van der Waals surface area contributed by atoms with Gasteiger partial charge in [-0.05, 0) is 36.8 Å². The Morgan fingerprint density at radius 3 is 2.71 bits per heavy atom. The lowest BCUT2D eigenvalue weighted by molar-refractivity contribution is -0.130. The van der Waals surface area contributed by atoms with Gasteiger partial charge >= 0.3 is 0 Å². The van der Waals surface area contributed by atoms with Crippen LogP contribution >= 0.6 is 0 Å². The normalized spacial score (nSPS) is 16.4. The number of ether oxygens (including phenoxy) is 2. The van der Waals surface area contributed by atoms with Crippen molar-refractivity contribution in [1.29, 1.82) is 0 Å². The highest BCUT2D eigenvalue weighted by Crippen LogP contribution is 2.40. The average molecular weight is 421 g/mol. The lowest BCUT2D eigenvalue weighted by Crippen LogP contribution is -2.34. The Bertz CT molecular complexity index is 1130. The number of carbonyl (C=O) groups excluding carboxylic acids is 2. The summed E-state index contributed by atoms with van der Waals surface area (Å²) in [5, 5.41) is 11.5. The van der Waals surface area contributed by atoms with Crippen LogP contribution in [0.15, 0.2) is 70.3 Å². The van der Waals surface area contributed by atoms with E-state index in [0.717, 1.165) is 5.39 Å². The summed E-state index contributed by atoms with van der Waals surface area (Å²) in [6.07, 6.45) is 0. The number of aliphatic hydroxyl groups is 1. The summed E-state index contributed by atoms with van der Waals surface area (Å²) >= 11 is 0. The summed E-state index contributed by atoms with van der Waals surface area (Å²) < 4.78 is 16.4. The van der Waals surface area contributed by atoms with Crippen molar-refractivity contribution < 1.29 is 28.6 Å². The number of Topliss-reactive ketones (excluding diaryl/α,β-unsaturated/α-hetero) is 1. The van der Waals surface area contributed by atoms with E-state index in [-0.39, 0.29) is 24.5 Å². The molecule has 1 atom stereocenters. The topological polar surface area (TPSA) is 89.2 Å². The molecule has 3 aromatic rings. The third-order valence-corrected chi connectivity index (χ3v) is 5.22. The summed E-state index contributed by atoms with van der Waals surface area (Å²) in [6.45, 7) is 2.82. The molecule has 0 fully saturated rings. The lowest BCUT2D eigenvalue weighted by Gasteiger charge is -2.26. The van der Waals surface area contributed by atoms with Gasteiger partial charge in [-0.1, -0.05) is 30.3 Å². The zero-order valence-electron chi connectivity index (χ0n) is 17.3. The molecule has 2 aromatic carbocycles. The van der Waals surface area contributed by atoms with Gasteiger partial charge in [-0.2, -0.15) is 0 Å². The van der Waals surface area contributed by atoms with Crippen LogP contribution in [-0.2, 0) is 9.53 Å². The number of rotatable bonds is 8. The van der Waals surface area contributed by atoms with Gasteiger partial charge in [-0.25, -0.2) is 0 Å². The van der Waals surface area contributed by atoms with Gasteiger partial charge in [0.15, 0.2) is 11.5 Å². The molecule has 0 aliphatic carbocycles. The van der Waals surface area contributed by atoms with Crippen LogP contribution in [0.2, 0.25) is 0 Å². The smallest absolute Gasteiger partial charge is 0.290 e. The fraction of sp³-hybridized carbons (Fsp3) is 0.250. The van der Waals surface area contributed by atoms with Crippen molar-refractivity contribution in [3.05, 3.63) is 77.3 Å². The predicted octanol–water partition coefficient (Wildman–Crippen LogP) is 4.06. The quantitative estimate of drug-likeness (QED) is 0.552. The number of nitrogens with zero attached hydrogens (tertiary/aromatic N) is 1. The molecule has 0 spiro atoms. The molecule has 0 saturated heterocycles. The van der Waals surface area contributed by atoms with Crippen molar-refractivity contribution in [2.24, 2.45) is 0 Å². The van der Waals surface area contributed by atoms with E-state index in [0.29, 0.717) is 23.5 Å². The first-order chi connectivity index (χ1) is 15.0. The number of benzene rings is 2. The van der Waals surface area contributed by atoms with Crippen LogP contribution in [0.1, 0.15) is 29.1 Å². The van der Waals surface area contributed by atoms with E-state index in [9.17, 15) is 14.7 Å². The Kier molecular flexibility index (Phi) is 5.77. The first kappa shape index (κ1) is 20.7. The van der Waals surface area contributed by atoms with Crippen LogP contribution in [-0.4, -0.2) is 48.6 Å². The molecular weight excluding hydrogens is 398 g/mol. The molecule has 7 heteroatoms. The van der Waals surface area contributed by atoms with Crippen LogP contribution in [0.5, 0.6) is 5.75 Å². The number of hydrogen-bond donors (Lipinski definition) is 1. The van der Waals surface area contributed by atoms with Gasteiger partial charge in [0.25, 0.3) is 5.91 Å². The van der Waals surface area contributed by atoms with Crippen LogP contribution in [0.25, 0.3) is 11.0 Å². The first-order valence-corrected chi connectivity index (χ1v) is 10.0. The highest BCUT2D eigenvalue weighted by molar-refractivity contribution is 6.16. The maximum absolute atomic E-state index is 13.4. The lowest BCUT2D eigenvalue weighted by atomic mass is 9.95. The van der Waals surface area contributed by atoms with Crippen LogP contribution in [0.4, 0.5) is 0 Å². The van der Waals surface area contributed by atoms with E-state index in [1.165, 1.54) is 12.0 Å².